The summed E-state index contributed by atoms with van der Waals surface area (Å²) in [5.74, 6) is -8.73. The van der Waals surface area contributed by atoms with Gasteiger partial charge in [-0.1, -0.05) is 54.2 Å². The number of phenolic OH excluding ortho intramolecular Hbond substituents is 1. The molecule has 6 atom stereocenters. The third-order valence-corrected chi connectivity index (χ3v) is 18.3. The number of fused-ring (bicyclic) bond motifs is 2. The van der Waals surface area contributed by atoms with Crippen molar-refractivity contribution in [3.8, 4) is 5.75 Å². The van der Waals surface area contributed by atoms with E-state index in [1.54, 1.807) is 73.4 Å². The van der Waals surface area contributed by atoms with E-state index in [2.05, 4.69) is 51.7 Å². The average Bonchev–Trinajstić information content (AvgIpc) is 1.13. The minimum absolute atomic E-state index is 0.0694. The number of amides is 6. The van der Waals surface area contributed by atoms with E-state index in [0.29, 0.717) is 33.1 Å². The summed E-state index contributed by atoms with van der Waals surface area (Å²) < 4.78 is 34.1. The molecule has 0 aliphatic carbocycles. The summed E-state index contributed by atoms with van der Waals surface area (Å²) >= 11 is 3.75. The van der Waals surface area contributed by atoms with Gasteiger partial charge in [-0.25, -0.2) is 23.8 Å². The smallest absolute Gasteiger partial charge is 0.356 e. The predicted molar refractivity (Wildman–Crippen MR) is 305 cm³/mol. The Morgan fingerprint density at radius 3 is 1.95 bits per heavy atom. The number of tetrazole rings is 1. The van der Waals surface area contributed by atoms with Gasteiger partial charge in [-0.3, -0.25) is 47.9 Å². The number of aromatic nitrogens is 8. The summed E-state index contributed by atoms with van der Waals surface area (Å²) in [6.45, 7) is 1.73. The molecule has 0 bridgehead atoms. The van der Waals surface area contributed by atoms with Gasteiger partial charge in [0, 0.05) is 60.0 Å². The van der Waals surface area contributed by atoms with Gasteiger partial charge in [0.25, 0.3) is 33.7 Å². The number of thioether (sulfide) groups is 3. The predicted octanol–water partition coefficient (Wildman–Crippen LogP) is -1.68. The van der Waals surface area contributed by atoms with E-state index in [-0.39, 0.29) is 64.2 Å². The number of β-lactam (4-membered cyclic amide) rings is 2. The first-order valence-corrected chi connectivity index (χ1v) is 30.7. The lowest BCUT2D eigenvalue weighted by Crippen LogP contribution is -2.71. The molecule has 31 nitrogen and oxygen atoms in total. The number of aromatic carboxylic acids is 1. The molecule has 4 aliphatic heterocycles. The number of hydrogen-bond acceptors (Lipinski definition) is 21. The Morgan fingerprint density at radius 2 is 1.40 bits per heavy atom. The number of carboxylic acids is 3. The van der Waals surface area contributed by atoms with Crippen LogP contribution in [0.25, 0.3) is 0 Å². The van der Waals surface area contributed by atoms with E-state index in [1.165, 1.54) is 76.5 Å². The molecule has 6 amide bonds. The fourth-order valence-corrected chi connectivity index (χ4v) is 13.7. The summed E-state index contributed by atoms with van der Waals surface area (Å²) in [6, 6.07) is 13.2. The Morgan fingerprint density at radius 1 is 0.807 bits per heavy atom. The minimum Gasteiger partial charge on any atom is -0.543 e. The molecule has 0 saturated carbocycles. The number of aromatic amines is 2. The standard InChI is InChI=1S/C28H26N6O10S2.C25H24N8O7S2/c35-23(18(16-4-2-1-3-5-16)31-24(36)19-20(27(38)39)30-14-29-19)32-21-25(37)34-22(28(40)41)17(13-45-26(21)34)12-33-9-6-15(7-10-33)8-11-46(42,43)44;1-11-7-16(35)15(8-26-11)20(36)27-17(12-3-5-14(34)6-4-12)21(37)28-18-22(38)33-19(24(39)40)13(9-41-23(18)33)10-42-25-29-30-31-32(25)2/h1-7,9-10,14,18,21,26H,8,11-13H2,(H5-,29,30,31,32,35,36,38,39,40,41,42,43,44);3-8,17-18,23,34H,9-10H2,1-2H3,(H,26,35)(H,27,36)(H,28,37)(H,39,40)/t18-,21-,26-;17-,18-,23-/m11/s1. The number of carbonyl (C=O) groups excluding carboxylic acids is 7. The Kier molecular flexibility index (Phi) is 18.9. The quantitative estimate of drug-likeness (QED) is 0.0166. The summed E-state index contributed by atoms with van der Waals surface area (Å²) in [4.78, 5) is 139. The molecule has 4 aliphatic rings. The first-order valence-electron chi connectivity index (χ1n) is 26.0. The van der Waals surface area contributed by atoms with Crippen molar-refractivity contribution in [3.63, 3.8) is 0 Å². The van der Waals surface area contributed by atoms with Gasteiger partial charge in [-0.15, -0.1) is 28.6 Å². The van der Waals surface area contributed by atoms with E-state index in [1.807, 2.05) is 0 Å². The lowest BCUT2D eigenvalue weighted by molar-refractivity contribution is -0.689. The van der Waals surface area contributed by atoms with Crippen molar-refractivity contribution in [1.82, 2.24) is 66.2 Å². The number of benzene rings is 2. The van der Waals surface area contributed by atoms with E-state index >= 15 is 0 Å². The first kappa shape index (κ1) is 62.8. The number of carboxylic acid groups (broad SMARTS) is 3. The summed E-state index contributed by atoms with van der Waals surface area (Å²) in [5.41, 5.74) is 0.515. The summed E-state index contributed by atoms with van der Waals surface area (Å²) in [7, 11) is -2.47. The maximum absolute atomic E-state index is 13.5. The number of phenols is 1. The van der Waals surface area contributed by atoms with Crippen molar-refractivity contribution in [2.24, 2.45) is 7.05 Å². The van der Waals surface area contributed by atoms with Crippen LogP contribution in [-0.2, 0) is 58.9 Å². The number of aromatic hydroxyl groups is 1. The zero-order valence-corrected chi connectivity index (χ0v) is 49.0. The molecule has 88 heavy (non-hydrogen) atoms. The van der Waals surface area contributed by atoms with Crippen molar-refractivity contribution in [2.75, 3.05) is 23.0 Å². The molecule has 6 aromatic rings. The summed E-state index contributed by atoms with van der Waals surface area (Å²) in [5, 5.41) is 61.6. The zero-order chi connectivity index (χ0) is 63.3. The van der Waals surface area contributed by atoms with Gasteiger partial charge >= 0.3 is 11.9 Å². The SMILES string of the molecule is Cc1cc(=O)c(C(=O)N[C@@H](C(=O)N[C@@H]2C(=O)N3C(C(=O)O)=C(CSc4nnnn4C)CS[C@H]23)c2ccc(O)cc2)c[nH]1.O=C([O-])C1=C(C[n+]2ccc(CCS(=O)(=O)O)cc2)CS[C@@H]2[C@H](NC(=O)[C@H](NC(=O)c3[nH]cnc3C(=O)O)c3ccccc3)C(=O)N12. The molecule has 10 N–H and O–H groups in total. The monoisotopic (exact) mass is 1280 g/mol. The Hall–Kier alpha value is -9.71. The molecule has 35 heteroatoms. The number of aliphatic carboxylic acids is 2. The molecule has 0 spiro atoms. The number of nitrogens with zero attached hydrogens (tertiary/aromatic N) is 8. The molecule has 0 unspecified atom stereocenters. The van der Waals surface area contributed by atoms with Crippen molar-refractivity contribution in [1.29, 1.82) is 0 Å². The van der Waals surface area contributed by atoms with Crippen molar-refractivity contribution >= 4 is 98.8 Å². The molecule has 8 heterocycles. The highest BCUT2D eigenvalue weighted by molar-refractivity contribution is 8.01. The lowest BCUT2D eigenvalue weighted by Gasteiger charge is -2.50. The number of nitrogens with one attached hydrogen (secondary N) is 6. The van der Waals surface area contributed by atoms with Crippen LogP contribution >= 0.6 is 35.3 Å². The molecule has 458 valence electrons. The number of H-pyrrole nitrogens is 2. The van der Waals surface area contributed by atoms with Gasteiger partial charge in [0.2, 0.25) is 17.0 Å². The van der Waals surface area contributed by atoms with Crippen LogP contribution in [0, 0.1) is 6.92 Å². The third kappa shape index (κ3) is 13.9. The van der Waals surface area contributed by atoms with Gasteiger partial charge in [-0.2, -0.15) is 8.42 Å². The van der Waals surface area contributed by atoms with Crippen LogP contribution in [0.15, 0.2) is 130 Å². The number of pyridine rings is 2. The maximum atomic E-state index is 13.5. The average molecular weight is 1280 g/mol. The zero-order valence-electron chi connectivity index (χ0n) is 45.8. The molecular formula is C53H50N14O17S4. The second-order valence-corrected chi connectivity index (χ2v) is 24.4. The number of rotatable bonds is 21. The van der Waals surface area contributed by atoms with Gasteiger partial charge in [0.1, 0.15) is 57.6 Å². The molecular weight excluding hydrogens is 1230 g/mol. The highest BCUT2D eigenvalue weighted by atomic mass is 32.2. The second kappa shape index (κ2) is 26.5. The number of aryl methyl sites for hydroxylation is 3. The van der Waals surface area contributed by atoms with E-state index in [4.69, 9.17) is 4.55 Å². The molecule has 2 fully saturated rings. The third-order valence-electron chi connectivity index (χ3n) is 13.8. The number of imidazole rings is 1. The van der Waals surface area contributed by atoms with Crippen LogP contribution in [0.2, 0.25) is 0 Å². The van der Waals surface area contributed by atoms with Gasteiger partial charge in [0.15, 0.2) is 30.1 Å². The minimum atomic E-state index is -4.13. The van der Waals surface area contributed by atoms with Crippen LogP contribution in [0.1, 0.15) is 65.8 Å². The summed E-state index contributed by atoms with van der Waals surface area (Å²) in [6.07, 6.45) is 5.56. The highest BCUT2D eigenvalue weighted by Gasteiger charge is 2.55. The normalized spacial score (nSPS) is 18.4. The highest BCUT2D eigenvalue weighted by Crippen LogP contribution is 2.43. The molecule has 4 aromatic heterocycles. The second-order valence-electron chi connectivity index (χ2n) is 19.7. The topological polar surface area (TPSA) is 455 Å². The Balaban J connectivity index is 0.000000210. The van der Waals surface area contributed by atoms with Crippen molar-refractivity contribution in [2.45, 2.75) is 60.0 Å². The number of carbonyl (C=O) groups is 9. The molecule has 2 aromatic carbocycles. The fraction of sp³-hybridized carbons (Fsp3) is 0.264. The molecule has 0 radical (unpaired) electrons. The van der Waals surface area contributed by atoms with E-state index in [0.717, 1.165) is 16.1 Å². The van der Waals surface area contributed by atoms with Crippen LogP contribution in [0.5, 0.6) is 5.75 Å². The van der Waals surface area contributed by atoms with E-state index in [9.17, 15) is 76.8 Å². The van der Waals surface area contributed by atoms with Crippen LogP contribution in [0.4, 0.5) is 0 Å². The lowest BCUT2D eigenvalue weighted by atomic mass is 10.0. The maximum Gasteiger partial charge on any atom is 0.356 e. The molecule has 2 saturated heterocycles. The molecule has 10 rings (SSSR count). The van der Waals surface area contributed by atoms with Gasteiger partial charge < -0.3 is 56.5 Å². The number of hydrogen-bond donors (Lipinski definition) is 10. The Labute approximate surface area is 509 Å². The largest absolute Gasteiger partial charge is 0.543 e. The van der Waals surface area contributed by atoms with Crippen molar-refractivity contribution in [3.05, 3.63) is 170 Å². The van der Waals surface area contributed by atoms with E-state index < -0.39 is 115 Å². The fourth-order valence-electron chi connectivity index (χ4n) is 9.49. The first-order chi connectivity index (χ1) is 41.9. The van der Waals surface area contributed by atoms with Crippen LogP contribution < -0.4 is 36.4 Å². The van der Waals surface area contributed by atoms with Crippen molar-refractivity contribution < 1.29 is 81.1 Å². The van der Waals surface area contributed by atoms with Crippen LogP contribution in [0.3, 0.4) is 0 Å². The van der Waals surface area contributed by atoms with Gasteiger partial charge in [-0.05, 0) is 58.2 Å². The van der Waals surface area contributed by atoms with Gasteiger partial charge in [0.05, 0.1) is 23.7 Å². The van der Waals surface area contributed by atoms with Crippen LogP contribution in [-0.4, -0.2) is 172 Å². The Bertz CT molecular complexity index is 4030.